The molecule has 92 valence electrons. The molecule has 0 radical (unpaired) electrons. The number of anilines is 1. The molecule has 0 saturated heterocycles. The molecule has 0 aliphatic rings. The number of nitrogens with zero attached hydrogens (tertiary/aromatic N) is 1. The number of nitrogens with two attached hydrogens (primary N) is 1. The van der Waals surface area contributed by atoms with E-state index < -0.39 is 17.2 Å². The van der Waals surface area contributed by atoms with E-state index in [2.05, 4.69) is 0 Å². The number of carbonyl (C=O) groups is 1. The molecule has 17 heavy (non-hydrogen) atoms. The highest BCUT2D eigenvalue weighted by Gasteiger charge is 2.17. The van der Waals surface area contributed by atoms with E-state index in [4.69, 9.17) is 15.2 Å². The summed E-state index contributed by atoms with van der Waals surface area (Å²) in [6, 6.07) is 3.54. The van der Waals surface area contributed by atoms with Gasteiger partial charge >= 0.3 is 5.97 Å². The molecule has 7 nitrogen and oxygen atoms in total. The summed E-state index contributed by atoms with van der Waals surface area (Å²) >= 11 is 0. The summed E-state index contributed by atoms with van der Waals surface area (Å²) in [5.74, 6) is -0.688. The summed E-state index contributed by atoms with van der Waals surface area (Å²) < 4.78 is 9.61. The maximum atomic E-state index is 11.6. The molecule has 1 aromatic rings. The molecule has 0 saturated carbocycles. The normalized spacial score (nSPS) is 11.9. The van der Waals surface area contributed by atoms with Gasteiger partial charge in [-0.05, 0) is 13.0 Å². The summed E-state index contributed by atoms with van der Waals surface area (Å²) in [5, 5.41) is 10.5. The molecule has 0 aliphatic carbocycles. The number of nitro groups is 1. The van der Waals surface area contributed by atoms with Crippen molar-refractivity contribution in [3.8, 4) is 0 Å². The number of nitrogen functional groups attached to an aromatic ring is 1. The number of hydrogen-bond acceptors (Lipinski definition) is 6. The predicted molar refractivity (Wildman–Crippen MR) is 59.4 cm³/mol. The largest absolute Gasteiger partial charge is 0.432 e. The number of nitro benzene ring substituents is 1. The molecule has 0 spiro atoms. The van der Waals surface area contributed by atoms with Crippen LogP contribution in [0.2, 0.25) is 0 Å². The Hall–Kier alpha value is -2.15. The Kier molecular flexibility index (Phi) is 4.00. The highest BCUT2D eigenvalue weighted by Crippen LogP contribution is 2.20. The quantitative estimate of drug-likeness (QED) is 0.280. The Morgan fingerprint density at radius 2 is 2.18 bits per heavy atom. The fourth-order valence-electron chi connectivity index (χ4n) is 1.11. The van der Waals surface area contributed by atoms with Crippen molar-refractivity contribution in [2.75, 3.05) is 12.8 Å². The zero-order chi connectivity index (χ0) is 13.0. The van der Waals surface area contributed by atoms with Gasteiger partial charge in [-0.2, -0.15) is 0 Å². The van der Waals surface area contributed by atoms with E-state index in [0.717, 1.165) is 6.07 Å². The van der Waals surface area contributed by atoms with Crippen molar-refractivity contribution >= 4 is 17.3 Å². The molecule has 0 bridgehead atoms. The highest BCUT2D eigenvalue weighted by atomic mass is 16.7. The number of methoxy groups -OCH3 is 1. The van der Waals surface area contributed by atoms with Crippen LogP contribution < -0.4 is 5.73 Å². The topological polar surface area (TPSA) is 105 Å². The molecule has 0 fully saturated rings. The van der Waals surface area contributed by atoms with Crippen LogP contribution in [0.3, 0.4) is 0 Å². The third-order valence-electron chi connectivity index (χ3n) is 2.07. The van der Waals surface area contributed by atoms with Crippen LogP contribution in [-0.4, -0.2) is 24.3 Å². The first-order valence-corrected chi connectivity index (χ1v) is 4.73. The molecule has 1 rings (SSSR count). The lowest BCUT2D eigenvalue weighted by Crippen LogP contribution is -2.17. The number of ether oxygens (including phenoxy) is 2. The Bertz CT molecular complexity index is 446. The predicted octanol–water partition coefficient (Wildman–Crippen LogP) is 1.33. The minimum atomic E-state index is -0.711. The molecule has 0 aromatic heterocycles. The van der Waals surface area contributed by atoms with Gasteiger partial charge in [-0.25, -0.2) is 4.79 Å². The van der Waals surface area contributed by atoms with Crippen LogP contribution in [0.1, 0.15) is 17.3 Å². The lowest BCUT2D eigenvalue weighted by molar-refractivity contribution is -0.384. The molecule has 2 N–H and O–H groups in total. The standard InChI is InChI=1S/C10H12N2O5/c1-6(16-2)17-10(13)8-4-3-7(12(14)15)5-9(8)11/h3-6H,11H2,1-2H3. The van der Waals surface area contributed by atoms with Gasteiger partial charge in [-0.15, -0.1) is 0 Å². The van der Waals surface area contributed by atoms with Gasteiger partial charge in [0.05, 0.1) is 16.2 Å². The smallest absolute Gasteiger partial charge is 0.342 e. The number of benzene rings is 1. The van der Waals surface area contributed by atoms with Gasteiger partial charge in [0.15, 0.2) is 6.29 Å². The lowest BCUT2D eigenvalue weighted by atomic mass is 10.1. The number of non-ortho nitro benzene ring substituents is 1. The van der Waals surface area contributed by atoms with Gasteiger partial charge in [-0.1, -0.05) is 0 Å². The van der Waals surface area contributed by atoms with Gasteiger partial charge in [-0.3, -0.25) is 10.1 Å². The van der Waals surface area contributed by atoms with Crippen LogP contribution in [0.15, 0.2) is 18.2 Å². The van der Waals surface area contributed by atoms with Crippen molar-refractivity contribution in [3.05, 3.63) is 33.9 Å². The number of rotatable bonds is 4. The van der Waals surface area contributed by atoms with Crippen molar-refractivity contribution in [3.63, 3.8) is 0 Å². The van der Waals surface area contributed by atoms with Crippen LogP contribution in [0, 0.1) is 10.1 Å². The molecule has 1 unspecified atom stereocenters. The number of hydrogen-bond donors (Lipinski definition) is 1. The monoisotopic (exact) mass is 240 g/mol. The van der Waals surface area contributed by atoms with Crippen LogP contribution in [0.4, 0.5) is 11.4 Å². The van der Waals surface area contributed by atoms with E-state index in [-0.39, 0.29) is 16.9 Å². The van der Waals surface area contributed by atoms with Gasteiger partial charge in [0.25, 0.3) is 5.69 Å². The molecule has 1 aromatic carbocycles. The summed E-state index contributed by atoms with van der Waals surface area (Å²) in [6.07, 6.45) is -0.711. The van der Waals surface area contributed by atoms with Crippen LogP contribution in [-0.2, 0) is 9.47 Å². The fraction of sp³-hybridized carbons (Fsp3) is 0.300. The van der Waals surface area contributed by atoms with Crippen molar-refractivity contribution < 1.29 is 19.2 Å². The number of esters is 1. The van der Waals surface area contributed by atoms with Crippen molar-refractivity contribution in [2.24, 2.45) is 0 Å². The Morgan fingerprint density at radius 3 is 2.65 bits per heavy atom. The minimum absolute atomic E-state index is 0.00694. The third-order valence-corrected chi connectivity index (χ3v) is 2.07. The van der Waals surface area contributed by atoms with Crippen molar-refractivity contribution in [1.29, 1.82) is 0 Å². The maximum Gasteiger partial charge on any atom is 0.342 e. The Labute approximate surface area is 97.3 Å². The maximum absolute atomic E-state index is 11.6. The van der Waals surface area contributed by atoms with Crippen LogP contribution >= 0.6 is 0 Å². The molecule has 1 atom stereocenters. The van der Waals surface area contributed by atoms with Gasteiger partial charge in [0, 0.05) is 19.2 Å². The van der Waals surface area contributed by atoms with E-state index in [1.54, 1.807) is 6.92 Å². The van der Waals surface area contributed by atoms with E-state index in [9.17, 15) is 14.9 Å². The summed E-state index contributed by atoms with van der Waals surface area (Å²) in [4.78, 5) is 21.4. The second kappa shape index (κ2) is 5.26. The Balaban J connectivity index is 2.92. The first-order valence-electron chi connectivity index (χ1n) is 4.73. The third kappa shape index (κ3) is 3.15. The van der Waals surface area contributed by atoms with E-state index in [1.807, 2.05) is 0 Å². The molecule has 0 amide bonds. The lowest BCUT2D eigenvalue weighted by Gasteiger charge is -2.11. The SMILES string of the molecule is COC(C)OC(=O)c1ccc([N+](=O)[O-])cc1N. The molecular weight excluding hydrogens is 228 g/mol. The molecule has 0 aliphatic heterocycles. The molecule has 7 heteroatoms. The van der Waals surface area contributed by atoms with Crippen molar-refractivity contribution in [1.82, 2.24) is 0 Å². The molecule has 0 heterocycles. The first kappa shape index (κ1) is 12.9. The van der Waals surface area contributed by atoms with Gasteiger partial charge < -0.3 is 15.2 Å². The van der Waals surface area contributed by atoms with Crippen molar-refractivity contribution in [2.45, 2.75) is 13.2 Å². The van der Waals surface area contributed by atoms with Gasteiger partial charge in [0.1, 0.15) is 0 Å². The Morgan fingerprint density at radius 1 is 1.53 bits per heavy atom. The average Bonchev–Trinajstić information content (AvgIpc) is 2.28. The van der Waals surface area contributed by atoms with E-state index >= 15 is 0 Å². The number of carbonyl (C=O) groups excluding carboxylic acids is 1. The van der Waals surface area contributed by atoms with Crippen LogP contribution in [0.5, 0.6) is 0 Å². The summed E-state index contributed by atoms with van der Waals surface area (Å²) in [6.45, 7) is 1.54. The second-order valence-electron chi connectivity index (χ2n) is 3.24. The average molecular weight is 240 g/mol. The van der Waals surface area contributed by atoms with E-state index in [1.165, 1.54) is 19.2 Å². The minimum Gasteiger partial charge on any atom is -0.432 e. The van der Waals surface area contributed by atoms with Crippen LogP contribution in [0.25, 0.3) is 0 Å². The second-order valence-corrected chi connectivity index (χ2v) is 3.24. The highest BCUT2D eigenvalue weighted by molar-refractivity contribution is 5.95. The summed E-state index contributed by atoms with van der Waals surface area (Å²) in [7, 11) is 1.39. The fourth-order valence-corrected chi connectivity index (χ4v) is 1.11. The zero-order valence-electron chi connectivity index (χ0n) is 9.38. The van der Waals surface area contributed by atoms with E-state index in [0.29, 0.717) is 0 Å². The zero-order valence-corrected chi connectivity index (χ0v) is 9.38. The molecular formula is C10H12N2O5. The first-order chi connectivity index (χ1) is 7.95. The van der Waals surface area contributed by atoms with Gasteiger partial charge in [0.2, 0.25) is 0 Å². The summed E-state index contributed by atoms with van der Waals surface area (Å²) in [5.41, 5.74) is 5.41.